The van der Waals surface area contributed by atoms with Gasteiger partial charge in [0.2, 0.25) is 0 Å². The van der Waals surface area contributed by atoms with Crippen LogP contribution in [0, 0.1) is 0 Å². The number of hydrogen-bond acceptors (Lipinski definition) is 3. The van der Waals surface area contributed by atoms with E-state index >= 15 is 0 Å². The molecular weight excluding hydrogens is 257 g/mol. The molecule has 0 aromatic carbocycles. The zero-order valence-corrected chi connectivity index (χ0v) is 9.67. The fourth-order valence-corrected chi connectivity index (χ4v) is 0.857. The summed E-state index contributed by atoms with van der Waals surface area (Å²) in [5.41, 5.74) is -3.01. The highest BCUT2D eigenvalue weighted by Gasteiger charge is 2.49. The Labute approximate surface area is 101 Å². The van der Waals surface area contributed by atoms with Crippen LogP contribution in [0.3, 0.4) is 0 Å². The summed E-state index contributed by atoms with van der Waals surface area (Å²) in [4.78, 5) is 21.1. The molecule has 0 aromatic rings. The van der Waals surface area contributed by atoms with Crippen LogP contribution >= 0.6 is 0 Å². The van der Waals surface area contributed by atoms with Gasteiger partial charge >= 0.3 is 18.2 Å². The van der Waals surface area contributed by atoms with E-state index in [-0.39, 0.29) is 19.4 Å². The lowest BCUT2D eigenvalue weighted by Crippen LogP contribution is -2.52. The van der Waals surface area contributed by atoms with Gasteiger partial charge in [0.15, 0.2) is 5.60 Å². The first-order valence-corrected chi connectivity index (χ1v) is 5.09. The van der Waals surface area contributed by atoms with Crippen molar-refractivity contribution >= 4 is 12.0 Å². The van der Waals surface area contributed by atoms with E-state index in [4.69, 9.17) is 10.2 Å². The minimum Gasteiger partial charge on any atom is -0.481 e. The number of alkyl halides is 3. The Kier molecular flexibility index (Phi) is 5.89. The van der Waals surface area contributed by atoms with Crippen LogP contribution in [0.25, 0.3) is 0 Å². The van der Waals surface area contributed by atoms with E-state index in [0.29, 0.717) is 6.92 Å². The third-order valence-corrected chi connectivity index (χ3v) is 2.06. The number of aliphatic carboxylic acids is 1. The number of amides is 2. The summed E-state index contributed by atoms with van der Waals surface area (Å²) in [5, 5.41) is 21.3. The molecule has 4 N–H and O–H groups in total. The maximum Gasteiger partial charge on any atom is 0.418 e. The first-order valence-electron chi connectivity index (χ1n) is 5.09. The van der Waals surface area contributed by atoms with Gasteiger partial charge in [-0.05, 0) is 13.3 Å². The van der Waals surface area contributed by atoms with Gasteiger partial charge in [-0.15, -0.1) is 0 Å². The molecule has 0 rings (SSSR count). The van der Waals surface area contributed by atoms with Gasteiger partial charge in [-0.2, -0.15) is 13.2 Å². The molecule has 1 atom stereocenters. The minimum absolute atomic E-state index is 0.0201. The fourth-order valence-electron chi connectivity index (χ4n) is 0.857. The van der Waals surface area contributed by atoms with E-state index < -0.39 is 30.3 Å². The largest absolute Gasteiger partial charge is 0.481 e. The van der Waals surface area contributed by atoms with Crippen LogP contribution in [0.15, 0.2) is 0 Å². The first-order chi connectivity index (χ1) is 8.06. The zero-order chi connectivity index (χ0) is 14.4. The highest BCUT2D eigenvalue weighted by Crippen LogP contribution is 2.29. The summed E-state index contributed by atoms with van der Waals surface area (Å²) >= 11 is 0. The number of carboxylic acid groups (broad SMARTS) is 1. The van der Waals surface area contributed by atoms with E-state index in [2.05, 4.69) is 5.32 Å². The van der Waals surface area contributed by atoms with Crippen LogP contribution in [-0.2, 0) is 4.79 Å². The van der Waals surface area contributed by atoms with Gasteiger partial charge in [-0.25, -0.2) is 4.79 Å². The second-order valence-electron chi connectivity index (χ2n) is 3.88. The molecule has 0 aliphatic heterocycles. The van der Waals surface area contributed by atoms with E-state index in [1.54, 1.807) is 0 Å². The molecule has 0 aliphatic rings. The van der Waals surface area contributed by atoms with Crippen molar-refractivity contribution in [1.29, 1.82) is 0 Å². The molecule has 0 bridgehead atoms. The van der Waals surface area contributed by atoms with E-state index in [9.17, 15) is 22.8 Å². The highest BCUT2D eigenvalue weighted by molar-refractivity contribution is 5.74. The molecule has 0 heterocycles. The lowest BCUT2D eigenvalue weighted by atomic mass is 10.1. The maximum absolute atomic E-state index is 12.2. The van der Waals surface area contributed by atoms with Crippen molar-refractivity contribution in [3.05, 3.63) is 0 Å². The first kappa shape index (κ1) is 16.5. The zero-order valence-electron chi connectivity index (χ0n) is 9.67. The van der Waals surface area contributed by atoms with Crippen molar-refractivity contribution in [2.24, 2.45) is 0 Å². The molecule has 0 fully saturated rings. The number of urea groups is 1. The Balaban J connectivity index is 3.87. The Morgan fingerprint density at radius 3 is 2.22 bits per heavy atom. The van der Waals surface area contributed by atoms with E-state index in [0.717, 1.165) is 0 Å². The van der Waals surface area contributed by atoms with E-state index in [1.807, 2.05) is 5.32 Å². The van der Waals surface area contributed by atoms with Crippen LogP contribution in [0.2, 0.25) is 0 Å². The SMILES string of the molecule is CC(O)(CNC(=O)NCCCC(=O)O)C(F)(F)F. The van der Waals surface area contributed by atoms with Crippen molar-refractivity contribution in [2.45, 2.75) is 31.5 Å². The van der Waals surface area contributed by atoms with Gasteiger partial charge in [-0.1, -0.05) is 0 Å². The number of halogens is 3. The summed E-state index contributed by atoms with van der Waals surface area (Å²) < 4.78 is 36.6. The summed E-state index contributed by atoms with van der Waals surface area (Å²) in [5.74, 6) is -1.03. The van der Waals surface area contributed by atoms with Crippen molar-refractivity contribution < 1.29 is 33.0 Å². The highest BCUT2D eigenvalue weighted by atomic mass is 19.4. The van der Waals surface area contributed by atoms with Crippen LogP contribution in [0.5, 0.6) is 0 Å². The molecule has 106 valence electrons. The van der Waals surface area contributed by atoms with Crippen LogP contribution in [-0.4, -0.2) is 47.1 Å². The summed E-state index contributed by atoms with van der Waals surface area (Å²) in [6.07, 6.45) is -4.83. The van der Waals surface area contributed by atoms with Crippen molar-refractivity contribution in [1.82, 2.24) is 10.6 Å². The standard InChI is InChI=1S/C9H15F3N2O4/c1-8(18,9(10,11)12)5-14-7(17)13-4-2-3-6(15)16/h18H,2-5H2,1H3,(H,15,16)(H2,13,14,17). The van der Waals surface area contributed by atoms with Crippen LogP contribution in [0.4, 0.5) is 18.0 Å². The molecular formula is C9H15F3N2O4. The molecule has 18 heavy (non-hydrogen) atoms. The predicted molar refractivity (Wildman–Crippen MR) is 55.0 cm³/mol. The quantitative estimate of drug-likeness (QED) is 0.528. The fraction of sp³-hybridized carbons (Fsp3) is 0.778. The molecule has 0 aliphatic carbocycles. The molecule has 0 saturated carbocycles. The minimum atomic E-state index is -4.84. The van der Waals surface area contributed by atoms with E-state index in [1.165, 1.54) is 0 Å². The van der Waals surface area contributed by atoms with Gasteiger partial charge < -0.3 is 20.8 Å². The van der Waals surface area contributed by atoms with Crippen LogP contribution in [0.1, 0.15) is 19.8 Å². The monoisotopic (exact) mass is 272 g/mol. The third-order valence-electron chi connectivity index (χ3n) is 2.06. The average Bonchev–Trinajstić information content (AvgIpc) is 2.19. The Bertz CT molecular complexity index is 305. The Morgan fingerprint density at radius 2 is 1.78 bits per heavy atom. The molecule has 0 saturated heterocycles. The summed E-state index contributed by atoms with van der Waals surface area (Å²) in [6.45, 7) is -0.425. The van der Waals surface area contributed by atoms with Gasteiger partial charge in [-0.3, -0.25) is 4.79 Å². The van der Waals surface area contributed by atoms with Gasteiger partial charge in [0.25, 0.3) is 0 Å². The third kappa shape index (κ3) is 6.28. The Morgan fingerprint density at radius 1 is 1.22 bits per heavy atom. The van der Waals surface area contributed by atoms with Crippen molar-refractivity contribution in [3.63, 3.8) is 0 Å². The summed E-state index contributed by atoms with van der Waals surface area (Å²) in [7, 11) is 0. The molecule has 0 aromatic heterocycles. The lowest BCUT2D eigenvalue weighted by molar-refractivity contribution is -0.249. The second-order valence-corrected chi connectivity index (χ2v) is 3.88. The number of carboxylic acids is 1. The summed E-state index contributed by atoms with van der Waals surface area (Å²) in [6, 6.07) is -0.898. The maximum atomic E-state index is 12.2. The number of aliphatic hydroxyl groups is 1. The average molecular weight is 272 g/mol. The van der Waals surface area contributed by atoms with Gasteiger partial charge in [0, 0.05) is 13.0 Å². The predicted octanol–water partition coefficient (Wildman–Crippen LogP) is 0.464. The van der Waals surface area contributed by atoms with Crippen LogP contribution < -0.4 is 10.6 Å². The van der Waals surface area contributed by atoms with Gasteiger partial charge in [0.1, 0.15) is 0 Å². The number of rotatable bonds is 6. The van der Waals surface area contributed by atoms with Crippen molar-refractivity contribution in [3.8, 4) is 0 Å². The number of carbonyl (C=O) groups excluding carboxylic acids is 1. The molecule has 2 amide bonds. The number of hydrogen-bond donors (Lipinski definition) is 4. The second kappa shape index (κ2) is 6.43. The normalized spacial score (nSPS) is 14.7. The molecule has 1 unspecified atom stereocenters. The Hall–Kier alpha value is -1.51. The lowest BCUT2D eigenvalue weighted by Gasteiger charge is -2.26. The topological polar surface area (TPSA) is 98.7 Å². The molecule has 9 heteroatoms. The number of nitrogens with one attached hydrogen (secondary N) is 2. The number of carbonyl (C=O) groups is 2. The van der Waals surface area contributed by atoms with Gasteiger partial charge in [0.05, 0.1) is 6.54 Å². The molecule has 0 spiro atoms. The molecule has 0 radical (unpaired) electrons. The molecule has 6 nitrogen and oxygen atoms in total. The smallest absolute Gasteiger partial charge is 0.418 e. The van der Waals surface area contributed by atoms with Crippen molar-refractivity contribution in [2.75, 3.05) is 13.1 Å².